The van der Waals surface area contributed by atoms with Gasteiger partial charge in [-0.1, -0.05) is 30.3 Å². The van der Waals surface area contributed by atoms with Crippen molar-refractivity contribution in [1.29, 1.82) is 0 Å². The summed E-state index contributed by atoms with van der Waals surface area (Å²) in [6.45, 7) is 0.177. The summed E-state index contributed by atoms with van der Waals surface area (Å²) in [7, 11) is 0. The van der Waals surface area contributed by atoms with E-state index in [1.807, 2.05) is 30.3 Å². The molecule has 4 heteroatoms. The summed E-state index contributed by atoms with van der Waals surface area (Å²) in [6, 6.07) is 9.39. The Hall–Kier alpha value is -1.81. The molecule has 0 radical (unpaired) electrons. The average molecular weight is 190 g/mol. The van der Waals surface area contributed by atoms with Crippen molar-refractivity contribution in [1.82, 2.24) is 5.16 Å². The number of benzene rings is 1. The monoisotopic (exact) mass is 190 g/mol. The fourth-order valence-electron chi connectivity index (χ4n) is 1.33. The van der Waals surface area contributed by atoms with Crippen molar-refractivity contribution in [3.05, 3.63) is 46.2 Å². The Morgan fingerprint density at radius 2 is 2.00 bits per heavy atom. The minimum Gasteiger partial charge on any atom is -0.378 e. The quantitative estimate of drug-likeness (QED) is 0.744. The first-order valence-electron chi connectivity index (χ1n) is 4.28. The Morgan fingerprint density at radius 1 is 1.29 bits per heavy atom. The minimum absolute atomic E-state index is 0.177. The fraction of sp³-hybridized carbons (Fsp3) is 0.100. The molecule has 2 rings (SSSR count). The van der Waals surface area contributed by atoms with Crippen LogP contribution in [0.1, 0.15) is 5.56 Å². The molecule has 14 heavy (non-hydrogen) atoms. The second kappa shape index (κ2) is 3.51. The van der Waals surface area contributed by atoms with Crippen LogP contribution in [-0.2, 0) is 6.54 Å². The molecule has 3 N–H and O–H groups in total. The predicted molar refractivity (Wildman–Crippen MR) is 52.7 cm³/mol. The van der Waals surface area contributed by atoms with Gasteiger partial charge in [-0.2, -0.15) is 5.16 Å². The van der Waals surface area contributed by atoms with Gasteiger partial charge in [0, 0.05) is 12.1 Å². The normalized spacial score (nSPS) is 10.4. The SMILES string of the molecule is NCc1c(-c2ccccc2)o[nH]c1=O. The largest absolute Gasteiger partial charge is 0.378 e. The van der Waals surface area contributed by atoms with Crippen molar-refractivity contribution in [2.24, 2.45) is 5.73 Å². The Bertz CT molecular complexity index is 470. The van der Waals surface area contributed by atoms with Crippen LogP contribution < -0.4 is 11.3 Å². The molecular formula is C10H10N2O2. The summed E-state index contributed by atoms with van der Waals surface area (Å²) in [5.41, 5.74) is 6.53. The van der Waals surface area contributed by atoms with Gasteiger partial charge in [-0.05, 0) is 0 Å². The van der Waals surface area contributed by atoms with E-state index in [0.29, 0.717) is 11.3 Å². The van der Waals surface area contributed by atoms with E-state index in [1.54, 1.807) is 0 Å². The molecule has 0 saturated carbocycles. The molecule has 0 saturated heterocycles. The maximum atomic E-state index is 11.2. The molecular weight excluding hydrogens is 180 g/mol. The van der Waals surface area contributed by atoms with Crippen LogP contribution in [0.25, 0.3) is 11.3 Å². The number of rotatable bonds is 2. The van der Waals surface area contributed by atoms with E-state index in [0.717, 1.165) is 5.56 Å². The van der Waals surface area contributed by atoms with Gasteiger partial charge in [0.05, 0.1) is 5.56 Å². The van der Waals surface area contributed by atoms with E-state index in [4.69, 9.17) is 10.3 Å². The minimum atomic E-state index is -0.258. The molecule has 0 amide bonds. The van der Waals surface area contributed by atoms with Crippen LogP contribution in [0.15, 0.2) is 39.6 Å². The Kier molecular flexibility index (Phi) is 2.20. The average Bonchev–Trinajstić information content (AvgIpc) is 2.61. The number of aromatic nitrogens is 1. The molecule has 1 aromatic heterocycles. The molecule has 0 bridgehead atoms. The highest BCUT2D eigenvalue weighted by atomic mass is 16.5. The van der Waals surface area contributed by atoms with E-state index in [2.05, 4.69) is 5.16 Å². The zero-order valence-electron chi connectivity index (χ0n) is 7.49. The molecule has 1 heterocycles. The molecule has 0 aliphatic heterocycles. The lowest BCUT2D eigenvalue weighted by molar-refractivity contribution is 0.425. The molecule has 72 valence electrons. The molecule has 0 unspecified atom stereocenters. The third kappa shape index (κ3) is 1.36. The van der Waals surface area contributed by atoms with Gasteiger partial charge < -0.3 is 10.3 Å². The second-order valence-electron chi connectivity index (χ2n) is 2.91. The Balaban J connectivity index is 2.57. The van der Waals surface area contributed by atoms with E-state index in [1.165, 1.54) is 0 Å². The van der Waals surface area contributed by atoms with E-state index >= 15 is 0 Å². The van der Waals surface area contributed by atoms with Crippen molar-refractivity contribution in [3.63, 3.8) is 0 Å². The zero-order valence-corrected chi connectivity index (χ0v) is 7.49. The molecule has 0 aliphatic rings. The van der Waals surface area contributed by atoms with Gasteiger partial charge in [0.25, 0.3) is 5.56 Å². The number of hydrogen-bond acceptors (Lipinski definition) is 3. The third-order valence-corrected chi connectivity index (χ3v) is 2.03. The predicted octanol–water partition coefficient (Wildman–Crippen LogP) is 1.09. The first kappa shape index (κ1) is 8.77. The lowest BCUT2D eigenvalue weighted by atomic mass is 10.1. The molecule has 4 nitrogen and oxygen atoms in total. The smallest absolute Gasteiger partial charge is 0.285 e. The molecule has 2 aromatic rings. The molecule has 0 aliphatic carbocycles. The van der Waals surface area contributed by atoms with E-state index in [-0.39, 0.29) is 12.1 Å². The van der Waals surface area contributed by atoms with Gasteiger partial charge in [0.2, 0.25) is 0 Å². The Morgan fingerprint density at radius 3 is 2.64 bits per heavy atom. The lowest BCUT2D eigenvalue weighted by Gasteiger charge is -1.96. The molecule has 0 fully saturated rings. The number of nitrogens with two attached hydrogens (primary N) is 1. The van der Waals surface area contributed by atoms with Gasteiger partial charge in [-0.15, -0.1) is 0 Å². The van der Waals surface area contributed by atoms with Crippen LogP contribution in [-0.4, -0.2) is 5.16 Å². The maximum Gasteiger partial charge on any atom is 0.285 e. The third-order valence-electron chi connectivity index (χ3n) is 2.03. The Labute approximate surface area is 80.3 Å². The van der Waals surface area contributed by atoms with Gasteiger partial charge >= 0.3 is 0 Å². The zero-order chi connectivity index (χ0) is 9.97. The first-order valence-corrected chi connectivity index (χ1v) is 4.28. The van der Waals surface area contributed by atoms with Crippen LogP contribution in [0.2, 0.25) is 0 Å². The number of hydrogen-bond donors (Lipinski definition) is 2. The van der Waals surface area contributed by atoms with E-state index < -0.39 is 0 Å². The molecule has 1 aromatic carbocycles. The van der Waals surface area contributed by atoms with Crippen molar-refractivity contribution < 1.29 is 4.52 Å². The first-order chi connectivity index (χ1) is 6.83. The summed E-state index contributed by atoms with van der Waals surface area (Å²) in [5, 5.41) is 2.28. The van der Waals surface area contributed by atoms with Gasteiger partial charge in [-0.3, -0.25) is 4.79 Å². The highest BCUT2D eigenvalue weighted by Gasteiger charge is 2.11. The summed E-state index contributed by atoms with van der Waals surface area (Å²) in [5.74, 6) is 0.526. The summed E-state index contributed by atoms with van der Waals surface area (Å²) in [4.78, 5) is 11.2. The maximum absolute atomic E-state index is 11.2. The van der Waals surface area contributed by atoms with E-state index in [9.17, 15) is 4.79 Å². The van der Waals surface area contributed by atoms with Crippen molar-refractivity contribution in [2.45, 2.75) is 6.54 Å². The highest BCUT2D eigenvalue weighted by molar-refractivity contribution is 5.60. The van der Waals surface area contributed by atoms with Crippen molar-refractivity contribution in [3.8, 4) is 11.3 Å². The van der Waals surface area contributed by atoms with Crippen LogP contribution in [0.4, 0.5) is 0 Å². The summed E-state index contributed by atoms with van der Waals surface area (Å²) < 4.78 is 5.05. The van der Waals surface area contributed by atoms with Crippen LogP contribution >= 0.6 is 0 Å². The number of H-pyrrole nitrogens is 1. The fourth-order valence-corrected chi connectivity index (χ4v) is 1.33. The van der Waals surface area contributed by atoms with Crippen molar-refractivity contribution in [2.75, 3.05) is 0 Å². The molecule has 0 atom stereocenters. The highest BCUT2D eigenvalue weighted by Crippen LogP contribution is 2.19. The number of nitrogens with one attached hydrogen (secondary N) is 1. The summed E-state index contributed by atoms with van der Waals surface area (Å²) in [6.07, 6.45) is 0. The summed E-state index contributed by atoms with van der Waals surface area (Å²) >= 11 is 0. The number of aromatic amines is 1. The molecule has 0 spiro atoms. The van der Waals surface area contributed by atoms with Gasteiger partial charge in [0.1, 0.15) is 0 Å². The second-order valence-corrected chi connectivity index (χ2v) is 2.91. The van der Waals surface area contributed by atoms with Crippen LogP contribution in [0.3, 0.4) is 0 Å². The van der Waals surface area contributed by atoms with Crippen LogP contribution in [0, 0.1) is 0 Å². The lowest BCUT2D eigenvalue weighted by Crippen LogP contribution is -2.10. The van der Waals surface area contributed by atoms with Crippen molar-refractivity contribution >= 4 is 0 Å². The van der Waals surface area contributed by atoms with Gasteiger partial charge in [0.15, 0.2) is 5.76 Å². The topological polar surface area (TPSA) is 72.0 Å². The van der Waals surface area contributed by atoms with Gasteiger partial charge in [-0.25, -0.2) is 0 Å². The van der Waals surface area contributed by atoms with Crippen LogP contribution in [0.5, 0.6) is 0 Å². The standard InChI is InChI=1S/C10H10N2O2/c11-6-8-9(14-12-10(8)13)7-4-2-1-3-5-7/h1-5H,6,11H2,(H,12,13).